The number of piperazine rings is 1. The second kappa shape index (κ2) is 4.67. The Morgan fingerprint density at radius 1 is 1.54 bits per heavy atom. The number of thioether (sulfide) groups is 1. The summed E-state index contributed by atoms with van der Waals surface area (Å²) in [6, 6.07) is 1.69. The minimum absolute atomic E-state index is 0.803. The number of hydrogen-bond donors (Lipinski definition) is 1. The number of rotatable bonds is 2. The van der Waals surface area contributed by atoms with Crippen molar-refractivity contribution in [3.05, 3.63) is 0 Å². The van der Waals surface area contributed by atoms with Crippen molar-refractivity contribution in [1.82, 2.24) is 10.2 Å². The fourth-order valence-corrected chi connectivity index (χ4v) is 3.66. The maximum Gasteiger partial charge on any atom is 0.0221 e. The SMILES string of the molecule is CCC1CNCCN1C1CCSC1. The lowest BCUT2D eigenvalue weighted by atomic mass is 10.1. The topological polar surface area (TPSA) is 15.3 Å². The molecule has 3 heteroatoms. The van der Waals surface area contributed by atoms with Crippen molar-refractivity contribution in [1.29, 1.82) is 0 Å². The van der Waals surface area contributed by atoms with Gasteiger partial charge in [-0.25, -0.2) is 0 Å². The molecule has 2 atom stereocenters. The number of nitrogens with zero attached hydrogens (tertiary/aromatic N) is 1. The molecule has 2 aliphatic heterocycles. The quantitative estimate of drug-likeness (QED) is 0.720. The lowest BCUT2D eigenvalue weighted by Crippen LogP contribution is -2.55. The minimum atomic E-state index is 0.803. The van der Waals surface area contributed by atoms with E-state index in [1.165, 1.54) is 44.0 Å². The van der Waals surface area contributed by atoms with Gasteiger partial charge in [-0.2, -0.15) is 11.8 Å². The van der Waals surface area contributed by atoms with Crippen molar-refractivity contribution in [2.45, 2.75) is 31.8 Å². The molecular weight excluding hydrogens is 180 g/mol. The fraction of sp³-hybridized carbons (Fsp3) is 1.00. The monoisotopic (exact) mass is 200 g/mol. The van der Waals surface area contributed by atoms with E-state index in [1.54, 1.807) is 0 Å². The predicted octanol–water partition coefficient (Wildman–Crippen LogP) is 1.18. The Hall–Kier alpha value is 0.270. The van der Waals surface area contributed by atoms with Crippen LogP contribution in [0.4, 0.5) is 0 Å². The van der Waals surface area contributed by atoms with E-state index < -0.39 is 0 Å². The molecule has 0 saturated carbocycles. The Labute approximate surface area is 85.4 Å². The molecule has 1 N–H and O–H groups in total. The molecule has 2 heterocycles. The molecule has 2 rings (SSSR count). The normalized spacial score (nSPS) is 36.7. The molecule has 0 amide bonds. The molecule has 0 aromatic carbocycles. The zero-order valence-electron chi connectivity index (χ0n) is 8.46. The lowest BCUT2D eigenvalue weighted by Gasteiger charge is -2.39. The molecule has 76 valence electrons. The van der Waals surface area contributed by atoms with Gasteiger partial charge in [-0.15, -0.1) is 0 Å². The molecule has 2 unspecified atom stereocenters. The Morgan fingerprint density at radius 3 is 3.15 bits per heavy atom. The van der Waals surface area contributed by atoms with Crippen molar-refractivity contribution in [3.8, 4) is 0 Å². The molecule has 2 fully saturated rings. The Balaban J connectivity index is 1.93. The fourth-order valence-electron chi connectivity index (χ4n) is 2.42. The van der Waals surface area contributed by atoms with Gasteiger partial charge in [-0.1, -0.05) is 6.92 Å². The summed E-state index contributed by atoms with van der Waals surface area (Å²) in [6.45, 7) is 5.98. The third kappa shape index (κ3) is 2.20. The first-order chi connectivity index (χ1) is 6.42. The first-order valence-electron chi connectivity index (χ1n) is 5.46. The van der Waals surface area contributed by atoms with Crippen molar-refractivity contribution < 1.29 is 0 Å². The smallest absolute Gasteiger partial charge is 0.0221 e. The molecule has 0 spiro atoms. The van der Waals surface area contributed by atoms with E-state index in [1.807, 2.05) is 0 Å². The third-order valence-electron chi connectivity index (χ3n) is 3.24. The van der Waals surface area contributed by atoms with Gasteiger partial charge in [0, 0.05) is 37.5 Å². The van der Waals surface area contributed by atoms with E-state index in [9.17, 15) is 0 Å². The van der Waals surface area contributed by atoms with Gasteiger partial charge >= 0.3 is 0 Å². The first-order valence-corrected chi connectivity index (χ1v) is 6.61. The second-order valence-electron chi connectivity index (χ2n) is 4.02. The summed E-state index contributed by atoms with van der Waals surface area (Å²) in [4.78, 5) is 2.75. The van der Waals surface area contributed by atoms with E-state index in [0.717, 1.165) is 12.1 Å². The molecule has 13 heavy (non-hydrogen) atoms. The highest BCUT2D eigenvalue weighted by Gasteiger charge is 2.29. The van der Waals surface area contributed by atoms with Gasteiger partial charge < -0.3 is 5.32 Å². The van der Waals surface area contributed by atoms with Crippen LogP contribution in [0.3, 0.4) is 0 Å². The van der Waals surface area contributed by atoms with Crippen LogP contribution in [-0.4, -0.2) is 48.1 Å². The number of nitrogens with one attached hydrogen (secondary N) is 1. The van der Waals surface area contributed by atoms with Crippen LogP contribution in [0.1, 0.15) is 19.8 Å². The number of hydrogen-bond acceptors (Lipinski definition) is 3. The predicted molar refractivity (Wildman–Crippen MR) is 59.4 cm³/mol. The van der Waals surface area contributed by atoms with E-state index >= 15 is 0 Å². The standard InChI is InChI=1S/C10H20N2S/c1-2-9-7-11-4-5-12(9)10-3-6-13-8-10/h9-11H,2-8H2,1H3. The van der Waals surface area contributed by atoms with Crippen LogP contribution in [0.25, 0.3) is 0 Å². The van der Waals surface area contributed by atoms with E-state index in [4.69, 9.17) is 0 Å². The Morgan fingerprint density at radius 2 is 2.46 bits per heavy atom. The van der Waals surface area contributed by atoms with Crippen molar-refractivity contribution >= 4 is 11.8 Å². The van der Waals surface area contributed by atoms with E-state index in [0.29, 0.717) is 0 Å². The van der Waals surface area contributed by atoms with Gasteiger partial charge in [-0.3, -0.25) is 4.90 Å². The van der Waals surface area contributed by atoms with Crippen LogP contribution < -0.4 is 5.32 Å². The molecule has 0 radical (unpaired) electrons. The van der Waals surface area contributed by atoms with Gasteiger partial charge in [0.2, 0.25) is 0 Å². The zero-order chi connectivity index (χ0) is 9.10. The highest BCUT2D eigenvalue weighted by Crippen LogP contribution is 2.25. The summed E-state index contributed by atoms with van der Waals surface area (Å²) in [6.07, 6.45) is 2.72. The van der Waals surface area contributed by atoms with Crippen molar-refractivity contribution in [2.75, 3.05) is 31.1 Å². The molecule has 0 aromatic rings. The Bertz CT molecular complexity index is 155. The highest BCUT2D eigenvalue weighted by atomic mass is 32.2. The summed E-state index contributed by atoms with van der Waals surface area (Å²) < 4.78 is 0. The van der Waals surface area contributed by atoms with Crippen LogP contribution in [0.15, 0.2) is 0 Å². The molecule has 2 saturated heterocycles. The largest absolute Gasteiger partial charge is 0.314 e. The lowest BCUT2D eigenvalue weighted by molar-refractivity contribution is 0.115. The van der Waals surface area contributed by atoms with Crippen LogP contribution in [0.2, 0.25) is 0 Å². The summed E-state index contributed by atoms with van der Waals surface area (Å²) in [5.74, 6) is 2.75. The average Bonchev–Trinajstić information content (AvgIpc) is 2.70. The van der Waals surface area contributed by atoms with Gasteiger partial charge in [-0.05, 0) is 18.6 Å². The van der Waals surface area contributed by atoms with Crippen molar-refractivity contribution in [3.63, 3.8) is 0 Å². The molecular formula is C10H20N2S. The molecule has 0 aliphatic carbocycles. The summed E-state index contributed by atoms with van der Waals surface area (Å²) in [5.41, 5.74) is 0. The van der Waals surface area contributed by atoms with Crippen LogP contribution >= 0.6 is 11.8 Å². The van der Waals surface area contributed by atoms with Crippen LogP contribution in [0, 0.1) is 0 Å². The van der Waals surface area contributed by atoms with Crippen LogP contribution in [-0.2, 0) is 0 Å². The summed E-state index contributed by atoms with van der Waals surface area (Å²) in [5, 5.41) is 3.49. The van der Waals surface area contributed by atoms with Gasteiger partial charge in [0.25, 0.3) is 0 Å². The van der Waals surface area contributed by atoms with Gasteiger partial charge in [0.05, 0.1) is 0 Å². The molecule has 2 aliphatic rings. The maximum atomic E-state index is 3.49. The minimum Gasteiger partial charge on any atom is -0.314 e. The van der Waals surface area contributed by atoms with E-state index in [-0.39, 0.29) is 0 Å². The van der Waals surface area contributed by atoms with Crippen LogP contribution in [0.5, 0.6) is 0 Å². The summed E-state index contributed by atoms with van der Waals surface area (Å²) in [7, 11) is 0. The van der Waals surface area contributed by atoms with Gasteiger partial charge in [0.1, 0.15) is 0 Å². The van der Waals surface area contributed by atoms with E-state index in [2.05, 4.69) is 28.9 Å². The summed E-state index contributed by atoms with van der Waals surface area (Å²) >= 11 is 2.13. The molecule has 0 aromatic heterocycles. The molecule has 2 nitrogen and oxygen atoms in total. The average molecular weight is 200 g/mol. The second-order valence-corrected chi connectivity index (χ2v) is 5.17. The van der Waals surface area contributed by atoms with Crippen molar-refractivity contribution in [2.24, 2.45) is 0 Å². The Kier molecular flexibility index (Phi) is 3.52. The maximum absolute atomic E-state index is 3.49. The zero-order valence-corrected chi connectivity index (χ0v) is 9.28. The first kappa shape index (κ1) is 9.81. The molecule has 0 bridgehead atoms. The highest BCUT2D eigenvalue weighted by molar-refractivity contribution is 7.99. The third-order valence-corrected chi connectivity index (χ3v) is 4.39. The van der Waals surface area contributed by atoms with Gasteiger partial charge in [0.15, 0.2) is 0 Å².